The smallest absolute Gasteiger partial charge is 0.136 e. The molecule has 2 saturated carbocycles. The van der Waals surface area contributed by atoms with E-state index in [-0.39, 0.29) is 12.0 Å². The summed E-state index contributed by atoms with van der Waals surface area (Å²) >= 11 is 0. The van der Waals surface area contributed by atoms with Gasteiger partial charge in [-0.2, -0.15) is 0 Å². The summed E-state index contributed by atoms with van der Waals surface area (Å²) in [6.07, 6.45) is 8.13. The first-order valence-corrected chi connectivity index (χ1v) is 6.00. The van der Waals surface area contributed by atoms with Gasteiger partial charge in [-0.1, -0.05) is 19.3 Å². The van der Waals surface area contributed by atoms with Crippen LogP contribution in [0.15, 0.2) is 0 Å². The van der Waals surface area contributed by atoms with E-state index < -0.39 is 0 Å². The van der Waals surface area contributed by atoms with E-state index in [1.807, 2.05) is 0 Å². The highest BCUT2D eigenvalue weighted by atomic mass is 16.3. The quantitative estimate of drug-likeness (QED) is 0.653. The number of rotatable bonds is 1. The van der Waals surface area contributed by atoms with Gasteiger partial charge in [-0.15, -0.1) is 0 Å². The highest BCUT2D eigenvalue weighted by Gasteiger charge is 2.36. The van der Waals surface area contributed by atoms with Crippen LogP contribution in [-0.2, 0) is 4.79 Å². The predicted molar refractivity (Wildman–Crippen MR) is 54.9 cm³/mol. The van der Waals surface area contributed by atoms with E-state index in [1.54, 1.807) is 0 Å². The standard InChI is InChI=1S/C12H20O2/c13-11-7-3-1-2-5-9(11)10-6-4-8-12(10)14/h9-10,12,14H,1-8H2. The Morgan fingerprint density at radius 2 is 1.86 bits per heavy atom. The van der Waals surface area contributed by atoms with E-state index in [9.17, 15) is 9.90 Å². The molecule has 0 saturated heterocycles. The van der Waals surface area contributed by atoms with Gasteiger partial charge in [-0.25, -0.2) is 0 Å². The summed E-state index contributed by atoms with van der Waals surface area (Å²) in [4.78, 5) is 11.8. The molecule has 2 fully saturated rings. The largest absolute Gasteiger partial charge is 0.393 e. The minimum atomic E-state index is -0.193. The van der Waals surface area contributed by atoms with Gasteiger partial charge in [0.25, 0.3) is 0 Å². The Balaban J connectivity index is 2.02. The lowest BCUT2D eigenvalue weighted by atomic mass is 9.83. The summed E-state index contributed by atoms with van der Waals surface area (Å²) in [5.41, 5.74) is 0. The maximum atomic E-state index is 11.8. The average molecular weight is 196 g/mol. The van der Waals surface area contributed by atoms with Crippen LogP contribution >= 0.6 is 0 Å². The second-order valence-corrected chi connectivity index (χ2v) is 4.83. The Bertz CT molecular complexity index is 212. The second kappa shape index (κ2) is 4.43. The second-order valence-electron chi connectivity index (χ2n) is 4.83. The molecule has 0 heterocycles. The summed E-state index contributed by atoms with van der Waals surface area (Å²) in [7, 11) is 0. The molecule has 0 radical (unpaired) electrons. The number of Topliss-reactive ketones (excluding diaryl/α,β-unsaturated/α-hetero) is 1. The van der Waals surface area contributed by atoms with Crippen LogP contribution in [0.2, 0.25) is 0 Å². The van der Waals surface area contributed by atoms with Gasteiger partial charge in [0.2, 0.25) is 0 Å². The van der Waals surface area contributed by atoms with Crippen molar-refractivity contribution < 1.29 is 9.90 Å². The third kappa shape index (κ3) is 2.00. The Morgan fingerprint density at radius 3 is 2.57 bits per heavy atom. The van der Waals surface area contributed by atoms with Crippen molar-refractivity contribution in [3.63, 3.8) is 0 Å². The minimum absolute atomic E-state index is 0.190. The molecule has 2 aliphatic carbocycles. The summed E-state index contributed by atoms with van der Waals surface area (Å²) in [5, 5.41) is 9.80. The number of hydrogen-bond acceptors (Lipinski definition) is 2. The Kier molecular flexibility index (Phi) is 3.22. The van der Waals surface area contributed by atoms with Gasteiger partial charge in [-0.05, 0) is 31.6 Å². The molecule has 2 rings (SSSR count). The van der Waals surface area contributed by atoms with Gasteiger partial charge in [0.05, 0.1) is 6.10 Å². The number of aliphatic hydroxyl groups is 1. The maximum absolute atomic E-state index is 11.8. The third-order valence-corrected chi connectivity index (χ3v) is 3.90. The van der Waals surface area contributed by atoms with Crippen molar-refractivity contribution in [1.82, 2.24) is 0 Å². The van der Waals surface area contributed by atoms with Gasteiger partial charge in [0.15, 0.2) is 0 Å². The van der Waals surface area contributed by atoms with Crippen molar-refractivity contribution >= 4 is 5.78 Å². The van der Waals surface area contributed by atoms with Gasteiger partial charge < -0.3 is 5.11 Å². The van der Waals surface area contributed by atoms with Crippen molar-refractivity contribution in [2.24, 2.45) is 11.8 Å². The van der Waals surface area contributed by atoms with Crippen LogP contribution < -0.4 is 0 Å². The zero-order valence-corrected chi connectivity index (χ0v) is 8.74. The fourth-order valence-corrected chi connectivity index (χ4v) is 3.08. The molecule has 80 valence electrons. The number of carbonyl (C=O) groups is 1. The lowest BCUT2D eigenvalue weighted by Gasteiger charge is -2.23. The minimum Gasteiger partial charge on any atom is -0.393 e. The first kappa shape index (κ1) is 10.2. The molecule has 1 N–H and O–H groups in total. The first-order chi connectivity index (χ1) is 6.79. The molecule has 0 aromatic heterocycles. The average Bonchev–Trinajstić information content (AvgIpc) is 2.46. The predicted octanol–water partition coefficient (Wildman–Crippen LogP) is 2.30. The van der Waals surface area contributed by atoms with Crippen molar-refractivity contribution in [2.45, 2.75) is 57.5 Å². The number of ketones is 1. The molecule has 0 spiro atoms. The fraction of sp³-hybridized carbons (Fsp3) is 0.917. The van der Waals surface area contributed by atoms with Crippen LogP contribution in [0.5, 0.6) is 0 Å². The van der Waals surface area contributed by atoms with Crippen LogP contribution in [-0.4, -0.2) is 17.0 Å². The van der Waals surface area contributed by atoms with Crippen LogP contribution in [0.3, 0.4) is 0 Å². The van der Waals surface area contributed by atoms with Crippen molar-refractivity contribution in [2.75, 3.05) is 0 Å². The van der Waals surface area contributed by atoms with Gasteiger partial charge >= 0.3 is 0 Å². The van der Waals surface area contributed by atoms with E-state index in [0.717, 1.165) is 38.5 Å². The third-order valence-electron chi connectivity index (χ3n) is 3.90. The molecule has 14 heavy (non-hydrogen) atoms. The highest BCUT2D eigenvalue weighted by molar-refractivity contribution is 5.81. The zero-order valence-electron chi connectivity index (χ0n) is 8.74. The van der Waals surface area contributed by atoms with Gasteiger partial charge in [0.1, 0.15) is 5.78 Å². The molecule has 0 aromatic carbocycles. The van der Waals surface area contributed by atoms with E-state index >= 15 is 0 Å². The SMILES string of the molecule is O=C1CCCCCC1C1CCCC1O. The molecule has 3 unspecified atom stereocenters. The number of hydrogen-bond donors (Lipinski definition) is 1. The lowest BCUT2D eigenvalue weighted by molar-refractivity contribution is -0.125. The van der Waals surface area contributed by atoms with Crippen LogP contribution in [0.25, 0.3) is 0 Å². The maximum Gasteiger partial charge on any atom is 0.136 e. The summed E-state index contributed by atoms with van der Waals surface area (Å²) in [6.45, 7) is 0. The summed E-state index contributed by atoms with van der Waals surface area (Å²) < 4.78 is 0. The summed E-state index contributed by atoms with van der Waals surface area (Å²) in [6, 6.07) is 0. The molecule has 2 aliphatic rings. The van der Waals surface area contributed by atoms with E-state index in [0.29, 0.717) is 11.7 Å². The van der Waals surface area contributed by atoms with E-state index in [1.165, 1.54) is 12.8 Å². The van der Waals surface area contributed by atoms with Crippen LogP contribution in [0, 0.1) is 11.8 Å². The Hall–Kier alpha value is -0.370. The summed E-state index contributed by atoms with van der Waals surface area (Å²) in [5.74, 6) is 0.907. The number of aliphatic hydroxyl groups excluding tert-OH is 1. The molecular formula is C12H20O2. The molecule has 2 nitrogen and oxygen atoms in total. The molecule has 3 atom stereocenters. The normalized spacial score (nSPS) is 39.8. The molecule has 0 amide bonds. The van der Waals surface area contributed by atoms with Crippen LogP contribution in [0.1, 0.15) is 51.4 Å². The monoisotopic (exact) mass is 196 g/mol. The molecule has 0 aromatic rings. The molecule has 2 heteroatoms. The first-order valence-electron chi connectivity index (χ1n) is 6.00. The van der Waals surface area contributed by atoms with Crippen molar-refractivity contribution in [3.8, 4) is 0 Å². The van der Waals surface area contributed by atoms with E-state index in [4.69, 9.17) is 0 Å². The molecular weight excluding hydrogens is 176 g/mol. The van der Waals surface area contributed by atoms with Crippen molar-refractivity contribution in [1.29, 1.82) is 0 Å². The Labute approximate surface area is 85.7 Å². The van der Waals surface area contributed by atoms with Crippen LogP contribution in [0.4, 0.5) is 0 Å². The molecule has 0 bridgehead atoms. The lowest BCUT2D eigenvalue weighted by Crippen LogP contribution is -2.28. The fourth-order valence-electron chi connectivity index (χ4n) is 3.08. The highest BCUT2D eigenvalue weighted by Crippen LogP contribution is 2.37. The zero-order chi connectivity index (χ0) is 9.97. The van der Waals surface area contributed by atoms with Gasteiger partial charge in [0, 0.05) is 12.3 Å². The topological polar surface area (TPSA) is 37.3 Å². The van der Waals surface area contributed by atoms with Gasteiger partial charge in [-0.3, -0.25) is 4.79 Å². The van der Waals surface area contributed by atoms with Crippen molar-refractivity contribution in [3.05, 3.63) is 0 Å². The van der Waals surface area contributed by atoms with E-state index in [2.05, 4.69) is 0 Å². The Morgan fingerprint density at radius 1 is 1.00 bits per heavy atom. The number of carbonyl (C=O) groups excluding carboxylic acids is 1. The molecule has 0 aliphatic heterocycles.